The fraction of sp³-hybridized carbons (Fsp3) is 0. The molecule has 4 heterocycles. The van der Waals surface area contributed by atoms with Gasteiger partial charge in [0.05, 0.1) is 17.6 Å². The molecule has 0 radical (unpaired) electrons. The Morgan fingerprint density at radius 3 is 2.33 bits per heavy atom. The highest BCUT2D eigenvalue weighted by molar-refractivity contribution is 5.69. The lowest BCUT2D eigenvalue weighted by Gasteiger charge is -2.12. The quantitative estimate of drug-likeness (QED) is 0.446. The molecule has 0 aliphatic heterocycles. The van der Waals surface area contributed by atoms with Crippen LogP contribution < -0.4 is 4.74 Å². The number of hydrogen-bond donors (Lipinski definition) is 0. The van der Waals surface area contributed by atoms with Gasteiger partial charge < -0.3 is 4.74 Å². The SMILES string of the molecule is c1ccc(-c2nnn(-c3ccc(-c4ccccn4)c(Oc4cccnc4)c3)n2)nc1. The van der Waals surface area contributed by atoms with Gasteiger partial charge in [0.2, 0.25) is 5.82 Å². The van der Waals surface area contributed by atoms with Crippen LogP contribution in [0.2, 0.25) is 0 Å². The fourth-order valence-electron chi connectivity index (χ4n) is 2.91. The summed E-state index contributed by atoms with van der Waals surface area (Å²) in [6.07, 6.45) is 6.79. The van der Waals surface area contributed by atoms with Crippen molar-refractivity contribution in [1.29, 1.82) is 0 Å². The Morgan fingerprint density at radius 2 is 1.60 bits per heavy atom. The van der Waals surface area contributed by atoms with Crippen LogP contribution in [0.25, 0.3) is 28.5 Å². The molecule has 0 saturated heterocycles. The summed E-state index contributed by atoms with van der Waals surface area (Å²) < 4.78 is 6.11. The third-order valence-corrected chi connectivity index (χ3v) is 4.31. The first-order valence-electron chi connectivity index (χ1n) is 9.22. The van der Waals surface area contributed by atoms with E-state index in [0.717, 1.165) is 11.3 Å². The Hall–Kier alpha value is -4.46. The van der Waals surface area contributed by atoms with E-state index in [1.807, 2.05) is 66.7 Å². The zero-order chi connectivity index (χ0) is 20.2. The number of rotatable bonds is 5. The normalized spacial score (nSPS) is 10.7. The number of hydrogen-bond acceptors (Lipinski definition) is 7. The average molecular weight is 393 g/mol. The van der Waals surface area contributed by atoms with Gasteiger partial charge in [-0.05, 0) is 53.7 Å². The molecule has 8 nitrogen and oxygen atoms in total. The van der Waals surface area contributed by atoms with Crippen molar-refractivity contribution in [3.05, 3.63) is 91.5 Å². The van der Waals surface area contributed by atoms with Crippen LogP contribution in [0.5, 0.6) is 11.5 Å². The van der Waals surface area contributed by atoms with Gasteiger partial charge in [-0.1, -0.05) is 12.1 Å². The van der Waals surface area contributed by atoms with Crippen molar-refractivity contribution < 1.29 is 4.74 Å². The Kier molecular flexibility index (Phi) is 4.63. The van der Waals surface area contributed by atoms with E-state index in [1.165, 1.54) is 4.80 Å². The highest BCUT2D eigenvalue weighted by Gasteiger charge is 2.14. The molecule has 0 spiro atoms. The van der Waals surface area contributed by atoms with Crippen LogP contribution in [-0.4, -0.2) is 35.2 Å². The second kappa shape index (κ2) is 7.88. The number of aromatic nitrogens is 7. The summed E-state index contributed by atoms with van der Waals surface area (Å²) in [5.74, 6) is 1.67. The maximum Gasteiger partial charge on any atom is 0.223 e. The molecule has 0 atom stereocenters. The van der Waals surface area contributed by atoms with Crippen LogP contribution >= 0.6 is 0 Å². The first-order valence-corrected chi connectivity index (χ1v) is 9.22. The topological polar surface area (TPSA) is 91.5 Å². The van der Waals surface area contributed by atoms with Crippen molar-refractivity contribution in [3.63, 3.8) is 0 Å². The van der Waals surface area contributed by atoms with Gasteiger partial charge in [-0.3, -0.25) is 15.0 Å². The van der Waals surface area contributed by atoms with E-state index >= 15 is 0 Å². The second-order valence-corrected chi connectivity index (χ2v) is 6.30. The van der Waals surface area contributed by atoms with Crippen LogP contribution in [-0.2, 0) is 0 Å². The van der Waals surface area contributed by atoms with Gasteiger partial charge in [0.25, 0.3) is 0 Å². The number of nitrogens with zero attached hydrogens (tertiary/aromatic N) is 7. The summed E-state index contributed by atoms with van der Waals surface area (Å²) >= 11 is 0. The Morgan fingerprint density at radius 1 is 0.767 bits per heavy atom. The molecule has 5 aromatic rings. The van der Waals surface area contributed by atoms with Crippen molar-refractivity contribution in [2.45, 2.75) is 0 Å². The first kappa shape index (κ1) is 17.6. The molecule has 0 aliphatic carbocycles. The van der Waals surface area contributed by atoms with E-state index in [2.05, 4.69) is 30.4 Å². The van der Waals surface area contributed by atoms with E-state index in [-0.39, 0.29) is 0 Å². The van der Waals surface area contributed by atoms with Crippen molar-refractivity contribution in [1.82, 2.24) is 35.2 Å². The van der Waals surface area contributed by atoms with E-state index in [0.29, 0.717) is 28.7 Å². The first-order chi connectivity index (χ1) is 14.9. The van der Waals surface area contributed by atoms with Crippen molar-refractivity contribution in [2.75, 3.05) is 0 Å². The molecule has 5 rings (SSSR count). The molecule has 0 aliphatic rings. The van der Waals surface area contributed by atoms with Crippen LogP contribution in [0.3, 0.4) is 0 Å². The zero-order valence-electron chi connectivity index (χ0n) is 15.7. The summed E-state index contributed by atoms with van der Waals surface area (Å²) in [5.41, 5.74) is 2.99. The third kappa shape index (κ3) is 3.61. The standard InChI is InChI=1S/C22H15N7O/c1-3-12-24-19(7-1)18-10-9-16(14-21(18)30-17-6-5-11-23-15-17)29-27-22(26-28-29)20-8-2-4-13-25-20/h1-15H. The molecule has 8 heteroatoms. The van der Waals surface area contributed by atoms with E-state index < -0.39 is 0 Å². The summed E-state index contributed by atoms with van der Waals surface area (Å²) in [4.78, 5) is 14.3. The van der Waals surface area contributed by atoms with Gasteiger partial charge in [0, 0.05) is 30.2 Å². The molecule has 4 aromatic heterocycles. The summed E-state index contributed by atoms with van der Waals surface area (Å²) in [6, 6.07) is 20.6. The van der Waals surface area contributed by atoms with Gasteiger partial charge in [-0.15, -0.1) is 15.0 Å². The zero-order valence-corrected chi connectivity index (χ0v) is 15.7. The number of pyridine rings is 3. The lowest BCUT2D eigenvalue weighted by atomic mass is 10.1. The maximum atomic E-state index is 6.11. The minimum Gasteiger partial charge on any atom is -0.455 e. The van der Waals surface area contributed by atoms with Crippen molar-refractivity contribution >= 4 is 0 Å². The molecule has 144 valence electrons. The summed E-state index contributed by atoms with van der Waals surface area (Å²) in [5, 5.41) is 12.7. The smallest absolute Gasteiger partial charge is 0.223 e. The number of tetrazole rings is 1. The van der Waals surface area contributed by atoms with Crippen LogP contribution in [0.15, 0.2) is 91.5 Å². The van der Waals surface area contributed by atoms with Crippen LogP contribution in [0.1, 0.15) is 0 Å². The molecule has 1 aromatic carbocycles. The van der Waals surface area contributed by atoms with E-state index in [4.69, 9.17) is 4.74 Å². The lowest BCUT2D eigenvalue weighted by Crippen LogP contribution is -2.01. The fourth-order valence-corrected chi connectivity index (χ4v) is 2.91. The third-order valence-electron chi connectivity index (χ3n) is 4.31. The van der Waals surface area contributed by atoms with Crippen molar-refractivity contribution in [2.24, 2.45) is 0 Å². The lowest BCUT2D eigenvalue weighted by molar-refractivity contribution is 0.481. The van der Waals surface area contributed by atoms with Crippen molar-refractivity contribution in [3.8, 4) is 40.0 Å². The van der Waals surface area contributed by atoms with Gasteiger partial charge in [0.15, 0.2) is 0 Å². The van der Waals surface area contributed by atoms with Gasteiger partial charge >= 0.3 is 0 Å². The van der Waals surface area contributed by atoms with Crippen LogP contribution in [0.4, 0.5) is 0 Å². The van der Waals surface area contributed by atoms with E-state index in [9.17, 15) is 0 Å². The highest BCUT2D eigenvalue weighted by atomic mass is 16.5. The van der Waals surface area contributed by atoms with E-state index in [1.54, 1.807) is 24.8 Å². The summed E-state index contributed by atoms with van der Waals surface area (Å²) in [7, 11) is 0. The highest BCUT2D eigenvalue weighted by Crippen LogP contribution is 2.33. The molecule has 0 fully saturated rings. The summed E-state index contributed by atoms with van der Waals surface area (Å²) in [6.45, 7) is 0. The molecule has 0 saturated carbocycles. The monoisotopic (exact) mass is 393 g/mol. The Bertz CT molecular complexity index is 1260. The second-order valence-electron chi connectivity index (χ2n) is 6.30. The number of ether oxygens (including phenoxy) is 1. The van der Waals surface area contributed by atoms with Gasteiger partial charge in [-0.25, -0.2) is 0 Å². The number of benzene rings is 1. The molecule has 0 unspecified atom stereocenters. The molecule has 30 heavy (non-hydrogen) atoms. The Balaban J connectivity index is 1.56. The largest absolute Gasteiger partial charge is 0.455 e. The molecule has 0 bridgehead atoms. The predicted molar refractivity (Wildman–Crippen MR) is 110 cm³/mol. The predicted octanol–water partition coefficient (Wildman–Crippen LogP) is 3.97. The molecule has 0 N–H and O–H groups in total. The van der Waals surface area contributed by atoms with Gasteiger partial charge in [0.1, 0.15) is 17.2 Å². The molecular weight excluding hydrogens is 378 g/mol. The average Bonchev–Trinajstić information content (AvgIpc) is 3.31. The Labute approximate surface area is 171 Å². The van der Waals surface area contributed by atoms with Gasteiger partial charge in [-0.2, -0.15) is 0 Å². The minimum atomic E-state index is 0.444. The minimum absolute atomic E-state index is 0.444. The maximum absolute atomic E-state index is 6.11. The molecule has 0 amide bonds. The van der Waals surface area contributed by atoms with Crippen LogP contribution in [0, 0.1) is 0 Å². The molecular formula is C22H15N7O.